The van der Waals surface area contributed by atoms with E-state index in [9.17, 15) is 4.79 Å². The lowest BCUT2D eigenvalue weighted by Crippen LogP contribution is -2.42. The molecule has 2 atom stereocenters. The van der Waals surface area contributed by atoms with Crippen LogP contribution in [0.2, 0.25) is 0 Å². The summed E-state index contributed by atoms with van der Waals surface area (Å²) in [4.78, 5) is 18.2. The molecule has 23 heavy (non-hydrogen) atoms. The molecule has 1 saturated heterocycles. The van der Waals surface area contributed by atoms with Crippen LogP contribution < -0.4 is 16.4 Å². The molecule has 4 N–H and O–H groups in total. The van der Waals surface area contributed by atoms with Gasteiger partial charge in [0, 0.05) is 25.7 Å². The quantitative estimate of drug-likeness (QED) is 0.232. The van der Waals surface area contributed by atoms with E-state index in [0.717, 1.165) is 64.4 Å². The molecule has 0 spiro atoms. The lowest BCUT2D eigenvalue weighted by Gasteiger charge is -2.30. The number of hydrogen-bond donors (Lipinski definition) is 3. The number of nitrogens with zero attached hydrogens (tertiary/aromatic N) is 2. The van der Waals surface area contributed by atoms with Crippen molar-refractivity contribution in [3.63, 3.8) is 0 Å². The zero-order chi connectivity index (χ0) is 16.4. The number of guanidine groups is 1. The number of halogens is 1. The van der Waals surface area contributed by atoms with Crippen molar-refractivity contribution in [3.05, 3.63) is 0 Å². The minimum atomic E-state index is -0.157. The number of rotatable bonds is 8. The summed E-state index contributed by atoms with van der Waals surface area (Å²) in [6, 6.07) is 0.427. The molecule has 1 fully saturated rings. The molecule has 0 saturated carbocycles. The Morgan fingerprint density at radius 3 is 2.78 bits per heavy atom. The Hall–Kier alpha value is -0.570. The minimum absolute atomic E-state index is 0. The normalized spacial score (nSPS) is 20.5. The summed E-state index contributed by atoms with van der Waals surface area (Å²) in [7, 11) is 0. The van der Waals surface area contributed by atoms with Gasteiger partial charge in [-0.15, -0.1) is 24.0 Å². The van der Waals surface area contributed by atoms with Gasteiger partial charge in [-0.05, 0) is 52.6 Å². The summed E-state index contributed by atoms with van der Waals surface area (Å²) in [6.45, 7) is 10.9. The van der Waals surface area contributed by atoms with Crippen LogP contribution in [0.15, 0.2) is 4.99 Å². The fourth-order valence-corrected chi connectivity index (χ4v) is 2.63. The lowest BCUT2D eigenvalue weighted by atomic mass is 9.97. The van der Waals surface area contributed by atoms with Gasteiger partial charge >= 0.3 is 0 Å². The van der Waals surface area contributed by atoms with Crippen molar-refractivity contribution in [2.24, 2.45) is 16.6 Å². The molecule has 1 heterocycles. The Morgan fingerprint density at radius 1 is 1.43 bits per heavy atom. The van der Waals surface area contributed by atoms with Gasteiger partial charge in [0.2, 0.25) is 5.91 Å². The second-order valence-corrected chi connectivity index (χ2v) is 6.11. The Morgan fingerprint density at radius 2 is 2.17 bits per heavy atom. The van der Waals surface area contributed by atoms with Crippen LogP contribution in [0, 0.1) is 5.92 Å². The van der Waals surface area contributed by atoms with Gasteiger partial charge in [0.15, 0.2) is 5.96 Å². The first kappa shape index (κ1) is 22.4. The fourth-order valence-electron chi connectivity index (χ4n) is 2.63. The molecule has 0 aromatic heterocycles. The minimum Gasteiger partial charge on any atom is -0.369 e. The maximum atomic E-state index is 11.3. The number of likely N-dealkylation sites (tertiary alicyclic amines) is 1. The van der Waals surface area contributed by atoms with E-state index < -0.39 is 0 Å². The highest BCUT2D eigenvalue weighted by Crippen LogP contribution is 2.15. The van der Waals surface area contributed by atoms with E-state index in [2.05, 4.69) is 41.3 Å². The Balaban J connectivity index is 0.00000484. The van der Waals surface area contributed by atoms with Crippen molar-refractivity contribution in [2.45, 2.75) is 52.5 Å². The van der Waals surface area contributed by atoms with Crippen molar-refractivity contribution >= 4 is 35.8 Å². The van der Waals surface area contributed by atoms with Gasteiger partial charge in [0.1, 0.15) is 0 Å². The number of aliphatic imine (C=N–C) groups is 1. The molecule has 0 radical (unpaired) electrons. The molecule has 6 nitrogen and oxygen atoms in total. The third kappa shape index (κ3) is 9.34. The second kappa shape index (κ2) is 12.8. The number of piperidine rings is 1. The smallest absolute Gasteiger partial charge is 0.221 e. The number of carbonyl (C=O) groups is 1. The van der Waals surface area contributed by atoms with Gasteiger partial charge in [-0.3, -0.25) is 9.79 Å². The van der Waals surface area contributed by atoms with Gasteiger partial charge in [0.05, 0.1) is 5.92 Å². The van der Waals surface area contributed by atoms with Crippen LogP contribution in [-0.2, 0) is 4.79 Å². The first-order valence-electron chi connectivity index (χ1n) is 8.63. The summed E-state index contributed by atoms with van der Waals surface area (Å²) in [5.41, 5.74) is 5.41. The highest BCUT2D eigenvalue weighted by atomic mass is 127. The molecule has 1 amide bonds. The van der Waals surface area contributed by atoms with Gasteiger partial charge in [0.25, 0.3) is 0 Å². The summed E-state index contributed by atoms with van der Waals surface area (Å²) in [5.74, 6) is 0.766. The van der Waals surface area contributed by atoms with Crippen LogP contribution in [0.3, 0.4) is 0 Å². The van der Waals surface area contributed by atoms with E-state index in [0.29, 0.717) is 6.04 Å². The zero-order valence-corrected chi connectivity index (χ0v) is 17.1. The van der Waals surface area contributed by atoms with E-state index in [4.69, 9.17) is 5.73 Å². The number of amides is 1. The summed E-state index contributed by atoms with van der Waals surface area (Å²) < 4.78 is 0. The zero-order valence-electron chi connectivity index (χ0n) is 14.8. The first-order valence-corrected chi connectivity index (χ1v) is 8.63. The highest BCUT2D eigenvalue weighted by molar-refractivity contribution is 14.0. The molecule has 1 aliphatic heterocycles. The molecule has 0 aromatic carbocycles. The standard InChI is InChI=1S/C16H33N5O.HI/c1-4-13(3)20-16(18-5-2)19-9-7-11-21-10-6-8-14(12-21)15(17)22;/h13-14H,4-12H2,1-3H3,(H2,17,22)(H2,18,19,20);1H. The summed E-state index contributed by atoms with van der Waals surface area (Å²) in [5, 5.41) is 6.66. The molecule has 2 unspecified atom stereocenters. The van der Waals surface area contributed by atoms with Gasteiger partial charge in [-0.2, -0.15) is 0 Å². The molecular formula is C16H34IN5O. The molecule has 1 rings (SSSR count). The summed E-state index contributed by atoms with van der Waals surface area (Å²) in [6.07, 6.45) is 4.08. The second-order valence-electron chi connectivity index (χ2n) is 6.11. The average Bonchev–Trinajstić information content (AvgIpc) is 2.51. The molecule has 0 aromatic rings. The van der Waals surface area contributed by atoms with E-state index in [1.807, 2.05) is 0 Å². The average molecular weight is 439 g/mol. The summed E-state index contributed by atoms with van der Waals surface area (Å²) >= 11 is 0. The van der Waals surface area contributed by atoms with E-state index in [1.54, 1.807) is 0 Å². The Labute approximate surface area is 158 Å². The molecule has 0 bridgehead atoms. The number of hydrogen-bond acceptors (Lipinski definition) is 3. The number of carbonyl (C=O) groups excluding carboxylic acids is 1. The lowest BCUT2D eigenvalue weighted by molar-refractivity contribution is -0.123. The number of nitrogens with two attached hydrogens (primary N) is 1. The van der Waals surface area contributed by atoms with Gasteiger partial charge < -0.3 is 21.3 Å². The molecule has 136 valence electrons. The third-order valence-electron chi connectivity index (χ3n) is 4.15. The Kier molecular flexibility index (Phi) is 12.5. The fraction of sp³-hybridized carbons (Fsp3) is 0.875. The van der Waals surface area contributed by atoms with E-state index >= 15 is 0 Å². The molecule has 0 aliphatic carbocycles. The molecule has 1 aliphatic rings. The third-order valence-corrected chi connectivity index (χ3v) is 4.15. The Bertz CT molecular complexity index is 364. The van der Waals surface area contributed by atoms with Crippen molar-refractivity contribution in [1.82, 2.24) is 15.5 Å². The number of nitrogens with one attached hydrogen (secondary N) is 2. The topological polar surface area (TPSA) is 82.8 Å². The monoisotopic (exact) mass is 439 g/mol. The van der Waals surface area contributed by atoms with Crippen LogP contribution in [0.5, 0.6) is 0 Å². The van der Waals surface area contributed by atoms with Crippen LogP contribution in [0.4, 0.5) is 0 Å². The number of primary amides is 1. The van der Waals surface area contributed by atoms with Crippen molar-refractivity contribution in [1.29, 1.82) is 0 Å². The highest BCUT2D eigenvalue weighted by Gasteiger charge is 2.23. The van der Waals surface area contributed by atoms with Crippen LogP contribution in [-0.4, -0.2) is 55.5 Å². The largest absolute Gasteiger partial charge is 0.369 e. The van der Waals surface area contributed by atoms with E-state index in [1.165, 1.54) is 0 Å². The SMILES string of the molecule is CCNC(=NCCCN1CCCC(C(N)=O)C1)NC(C)CC.I. The maximum Gasteiger partial charge on any atom is 0.221 e. The first-order chi connectivity index (χ1) is 10.6. The van der Waals surface area contributed by atoms with Crippen LogP contribution in [0.1, 0.15) is 46.5 Å². The molecular weight excluding hydrogens is 405 g/mol. The predicted octanol–water partition coefficient (Wildman–Crippen LogP) is 1.55. The van der Waals surface area contributed by atoms with Crippen molar-refractivity contribution < 1.29 is 4.79 Å². The van der Waals surface area contributed by atoms with Gasteiger partial charge in [-0.25, -0.2) is 0 Å². The van der Waals surface area contributed by atoms with Crippen LogP contribution in [0.25, 0.3) is 0 Å². The predicted molar refractivity (Wildman–Crippen MR) is 107 cm³/mol. The maximum absolute atomic E-state index is 11.3. The van der Waals surface area contributed by atoms with Crippen molar-refractivity contribution in [2.75, 3.05) is 32.7 Å². The van der Waals surface area contributed by atoms with Crippen LogP contribution >= 0.6 is 24.0 Å². The molecule has 7 heteroatoms. The van der Waals surface area contributed by atoms with E-state index in [-0.39, 0.29) is 35.8 Å². The van der Waals surface area contributed by atoms with Gasteiger partial charge in [-0.1, -0.05) is 6.92 Å². The van der Waals surface area contributed by atoms with Crippen molar-refractivity contribution in [3.8, 4) is 0 Å².